The van der Waals surface area contributed by atoms with Gasteiger partial charge >= 0.3 is 0 Å². The van der Waals surface area contributed by atoms with Crippen molar-refractivity contribution in [2.75, 3.05) is 18.5 Å². The molecule has 0 saturated carbocycles. The van der Waals surface area contributed by atoms with Crippen LogP contribution in [-0.4, -0.2) is 116 Å². The first-order valence-corrected chi connectivity index (χ1v) is 9.84. The summed E-state index contributed by atoms with van der Waals surface area (Å²) in [5.74, 6) is -1.37. The molecule has 2 aliphatic heterocycles. The second kappa shape index (κ2) is 10.4. The van der Waals surface area contributed by atoms with E-state index in [1.807, 2.05) is 0 Å². The molecular formula is C19H26NO12-. The van der Waals surface area contributed by atoms with Crippen molar-refractivity contribution in [3.05, 3.63) is 29.8 Å². The molecule has 0 radical (unpaired) electrons. The Morgan fingerprint density at radius 2 is 1.50 bits per heavy atom. The van der Waals surface area contributed by atoms with Gasteiger partial charge in [-0.15, -0.1) is 0 Å². The highest BCUT2D eigenvalue weighted by atomic mass is 16.7. The molecule has 0 aromatic heterocycles. The number of carbonyl (C=O) groups is 1. The fraction of sp³-hybridized carbons (Fsp3) is 0.632. The molecule has 32 heavy (non-hydrogen) atoms. The van der Waals surface area contributed by atoms with E-state index in [0.29, 0.717) is 5.69 Å². The lowest BCUT2D eigenvalue weighted by Crippen LogP contribution is -2.65. The predicted molar refractivity (Wildman–Crippen MR) is 101 cm³/mol. The molecule has 3 rings (SSSR count). The molecule has 1 aromatic carbocycles. The summed E-state index contributed by atoms with van der Waals surface area (Å²) in [5.41, 5.74) is 0.276. The molecule has 0 unspecified atom stereocenters. The van der Waals surface area contributed by atoms with E-state index in [1.54, 1.807) is 0 Å². The molecule has 13 nitrogen and oxygen atoms in total. The van der Waals surface area contributed by atoms with Crippen LogP contribution >= 0.6 is 0 Å². The maximum absolute atomic E-state index is 10.8. The summed E-state index contributed by atoms with van der Waals surface area (Å²) in [4.78, 5) is 10.8. The molecule has 2 saturated heterocycles. The molecule has 0 bridgehead atoms. The molecule has 180 valence electrons. The Balaban J connectivity index is 1.70. The molecule has 2 heterocycles. The smallest absolute Gasteiger partial charge is 0.187 e. The normalized spacial score (nSPS) is 40.1. The fourth-order valence-corrected chi connectivity index (χ4v) is 3.58. The Kier molecular flexibility index (Phi) is 8.00. The SMILES string of the molecule is O=C([O-])c1ccc(N[C@@H]2O[C@@H](CO)[C@@H](O[C@H]3O[C@@H](CO)[C@@H](O)[C@@H](O)[C@H]3O)[C@@H](O)[C@@H]2O)cc1. The minimum Gasteiger partial charge on any atom is -0.545 e. The largest absolute Gasteiger partial charge is 0.545 e. The van der Waals surface area contributed by atoms with Gasteiger partial charge < -0.3 is 65.2 Å². The number of hydrogen-bond donors (Lipinski definition) is 8. The van der Waals surface area contributed by atoms with E-state index in [2.05, 4.69) is 5.32 Å². The Bertz CT molecular complexity index is 759. The molecule has 2 fully saturated rings. The molecule has 10 atom stereocenters. The Hall–Kier alpha value is -1.91. The number of carboxylic acid groups (broad SMARTS) is 1. The number of ether oxygens (including phenoxy) is 3. The van der Waals surface area contributed by atoms with E-state index >= 15 is 0 Å². The van der Waals surface area contributed by atoms with Gasteiger partial charge in [-0.25, -0.2) is 0 Å². The van der Waals surface area contributed by atoms with Gasteiger partial charge in [0.15, 0.2) is 12.5 Å². The van der Waals surface area contributed by atoms with Gasteiger partial charge in [-0.1, -0.05) is 12.1 Å². The number of aromatic carboxylic acids is 1. The number of nitrogens with one attached hydrogen (secondary N) is 1. The number of carbonyl (C=O) groups excluding carboxylic acids is 1. The van der Waals surface area contributed by atoms with Crippen molar-refractivity contribution in [1.29, 1.82) is 0 Å². The molecular weight excluding hydrogens is 434 g/mol. The van der Waals surface area contributed by atoms with Gasteiger partial charge in [0.05, 0.1) is 19.2 Å². The average Bonchev–Trinajstić information content (AvgIpc) is 2.79. The third-order valence-electron chi connectivity index (χ3n) is 5.43. The zero-order valence-electron chi connectivity index (χ0n) is 16.7. The number of carboxylic acids is 1. The van der Waals surface area contributed by atoms with Crippen LogP contribution < -0.4 is 10.4 Å². The van der Waals surface area contributed by atoms with Crippen molar-refractivity contribution in [2.24, 2.45) is 0 Å². The fourth-order valence-electron chi connectivity index (χ4n) is 3.58. The van der Waals surface area contributed by atoms with E-state index in [9.17, 15) is 45.6 Å². The first-order valence-electron chi connectivity index (χ1n) is 9.84. The number of benzene rings is 1. The monoisotopic (exact) mass is 460 g/mol. The molecule has 0 aliphatic carbocycles. The van der Waals surface area contributed by atoms with Gasteiger partial charge in [-0.2, -0.15) is 0 Å². The predicted octanol–water partition coefficient (Wildman–Crippen LogP) is -4.91. The second-order valence-corrected chi connectivity index (χ2v) is 7.57. The molecule has 0 spiro atoms. The third kappa shape index (κ3) is 5.02. The second-order valence-electron chi connectivity index (χ2n) is 7.57. The zero-order chi connectivity index (χ0) is 23.6. The van der Waals surface area contributed by atoms with Gasteiger partial charge in [-0.05, 0) is 17.7 Å². The van der Waals surface area contributed by atoms with E-state index in [4.69, 9.17) is 14.2 Å². The molecule has 1 aromatic rings. The van der Waals surface area contributed by atoms with Gasteiger partial charge in [0.2, 0.25) is 0 Å². The number of anilines is 1. The quantitative estimate of drug-likeness (QED) is 0.191. The highest BCUT2D eigenvalue weighted by Crippen LogP contribution is 2.29. The van der Waals surface area contributed by atoms with E-state index < -0.39 is 80.5 Å². The van der Waals surface area contributed by atoms with Crippen LogP contribution in [0, 0.1) is 0 Å². The molecule has 0 amide bonds. The Labute approximate surface area is 182 Å². The summed E-state index contributed by atoms with van der Waals surface area (Å²) in [6.45, 7) is -1.36. The summed E-state index contributed by atoms with van der Waals surface area (Å²) in [5, 5.41) is 83.5. The average molecular weight is 460 g/mol. The number of hydrogen-bond acceptors (Lipinski definition) is 13. The lowest BCUT2D eigenvalue weighted by atomic mass is 9.96. The van der Waals surface area contributed by atoms with Crippen LogP contribution in [0.3, 0.4) is 0 Å². The standard InChI is InChI=1S/C19H27NO12/c21-5-9-11(23)12(24)15(27)19(31-9)32-16-10(6-22)30-17(14(26)13(16)25)20-8-3-1-7(2-4-8)18(28)29/h1-4,9-17,19-27H,5-6H2,(H,28,29)/p-1/t9-,10-,11+,12+,13-,14-,15+,16+,17+,19+/m0/s1. The zero-order valence-corrected chi connectivity index (χ0v) is 16.7. The van der Waals surface area contributed by atoms with E-state index in [1.165, 1.54) is 24.3 Å². The van der Waals surface area contributed by atoms with Gasteiger partial charge in [0.1, 0.15) is 48.8 Å². The van der Waals surface area contributed by atoms with Crippen LogP contribution in [0.4, 0.5) is 5.69 Å². The lowest BCUT2D eigenvalue weighted by Gasteiger charge is -2.46. The number of aliphatic hydroxyl groups is 7. The highest BCUT2D eigenvalue weighted by Gasteiger charge is 2.50. The van der Waals surface area contributed by atoms with E-state index in [-0.39, 0.29) is 5.56 Å². The maximum Gasteiger partial charge on any atom is 0.187 e. The van der Waals surface area contributed by atoms with Crippen molar-refractivity contribution in [3.8, 4) is 0 Å². The molecule has 13 heteroatoms. The maximum atomic E-state index is 10.8. The Morgan fingerprint density at radius 3 is 2.06 bits per heavy atom. The van der Waals surface area contributed by atoms with Crippen LogP contribution in [0.2, 0.25) is 0 Å². The van der Waals surface area contributed by atoms with Crippen LogP contribution in [0.15, 0.2) is 24.3 Å². The third-order valence-corrected chi connectivity index (χ3v) is 5.43. The van der Waals surface area contributed by atoms with Crippen molar-refractivity contribution in [3.63, 3.8) is 0 Å². The van der Waals surface area contributed by atoms with Crippen molar-refractivity contribution < 1.29 is 59.9 Å². The Morgan fingerprint density at radius 1 is 0.875 bits per heavy atom. The molecule has 8 N–H and O–H groups in total. The van der Waals surface area contributed by atoms with Crippen LogP contribution in [0.25, 0.3) is 0 Å². The van der Waals surface area contributed by atoms with Crippen LogP contribution in [0.5, 0.6) is 0 Å². The first kappa shape index (κ1) is 24.7. The van der Waals surface area contributed by atoms with Crippen LogP contribution in [0.1, 0.15) is 10.4 Å². The lowest BCUT2D eigenvalue weighted by molar-refractivity contribution is -0.340. The van der Waals surface area contributed by atoms with Crippen molar-refractivity contribution >= 4 is 11.7 Å². The summed E-state index contributed by atoms with van der Waals surface area (Å²) >= 11 is 0. The number of aliphatic hydroxyl groups excluding tert-OH is 7. The van der Waals surface area contributed by atoms with Crippen molar-refractivity contribution in [2.45, 2.75) is 61.3 Å². The summed E-state index contributed by atoms with van der Waals surface area (Å²) in [7, 11) is 0. The van der Waals surface area contributed by atoms with Gasteiger partial charge in [0, 0.05) is 5.69 Å². The first-order chi connectivity index (χ1) is 15.2. The van der Waals surface area contributed by atoms with Gasteiger partial charge in [-0.3, -0.25) is 0 Å². The summed E-state index contributed by atoms with van der Waals surface area (Å²) in [6.07, 6.45) is -15.1. The molecule has 2 aliphatic rings. The number of rotatable bonds is 7. The van der Waals surface area contributed by atoms with E-state index in [0.717, 1.165) is 0 Å². The summed E-state index contributed by atoms with van der Waals surface area (Å²) < 4.78 is 16.3. The topological polar surface area (TPSA) is 221 Å². The van der Waals surface area contributed by atoms with Gasteiger partial charge in [0.25, 0.3) is 0 Å². The summed E-state index contributed by atoms with van der Waals surface area (Å²) in [6, 6.07) is 5.30. The minimum absolute atomic E-state index is 0.0677. The highest BCUT2D eigenvalue weighted by molar-refractivity contribution is 5.86. The minimum atomic E-state index is -1.76. The van der Waals surface area contributed by atoms with Crippen LogP contribution in [-0.2, 0) is 14.2 Å². The van der Waals surface area contributed by atoms with Crippen molar-refractivity contribution in [1.82, 2.24) is 0 Å².